The second kappa shape index (κ2) is 6.08. The van der Waals surface area contributed by atoms with E-state index in [1.54, 1.807) is 4.57 Å². The average Bonchev–Trinajstić information content (AvgIpc) is 2.79. The Bertz CT molecular complexity index is 554. The van der Waals surface area contributed by atoms with Crippen LogP contribution in [0, 0.1) is 11.6 Å². The van der Waals surface area contributed by atoms with Crippen LogP contribution in [0.15, 0.2) is 18.2 Å². The van der Waals surface area contributed by atoms with Gasteiger partial charge in [0, 0.05) is 13.7 Å². The first-order valence-corrected chi connectivity index (χ1v) is 6.13. The number of halogens is 3. The Balaban J connectivity index is 2.52. The third-order valence-electron chi connectivity index (χ3n) is 2.65. The van der Waals surface area contributed by atoms with E-state index in [4.69, 9.17) is 16.3 Å². The SMILES string of the molecule is COCCn1c(CCl)nnc1-c1c(F)cccc1F. The summed E-state index contributed by atoms with van der Waals surface area (Å²) in [6, 6.07) is 3.65. The summed E-state index contributed by atoms with van der Waals surface area (Å²) in [5.74, 6) is -0.716. The molecule has 0 unspecified atom stereocenters. The third-order valence-corrected chi connectivity index (χ3v) is 2.89. The van der Waals surface area contributed by atoms with E-state index in [9.17, 15) is 8.78 Å². The average molecular weight is 288 g/mol. The molecule has 0 amide bonds. The summed E-state index contributed by atoms with van der Waals surface area (Å²) in [4.78, 5) is 0. The van der Waals surface area contributed by atoms with E-state index in [-0.39, 0.29) is 17.3 Å². The Morgan fingerprint density at radius 1 is 1.26 bits per heavy atom. The van der Waals surface area contributed by atoms with Gasteiger partial charge in [0.25, 0.3) is 0 Å². The number of methoxy groups -OCH3 is 1. The van der Waals surface area contributed by atoms with E-state index in [0.29, 0.717) is 19.0 Å². The van der Waals surface area contributed by atoms with Gasteiger partial charge in [-0.1, -0.05) is 6.07 Å². The van der Waals surface area contributed by atoms with E-state index in [0.717, 1.165) is 0 Å². The van der Waals surface area contributed by atoms with Crippen LogP contribution in [-0.2, 0) is 17.2 Å². The molecule has 0 fully saturated rings. The summed E-state index contributed by atoms with van der Waals surface area (Å²) in [6.45, 7) is 0.736. The summed E-state index contributed by atoms with van der Waals surface area (Å²) in [5.41, 5.74) is -0.206. The van der Waals surface area contributed by atoms with Crippen LogP contribution in [0.3, 0.4) is 0 Å². The first-order chi connectivity index (χ1) is 9.19. The zero-order valence-electron chi connectivity index (χ0n) is 10.2. The minimum atomic E-state index is -0.688. The van der Waals surface area contributed by atoms with Gasteiger partial charge in [0.05, 0.1) is 18.1 Å². The van der Waals surface area contributed by atoms with Gasteiger partial charge >= 0.3 is 0 Å². The zero-order chi connectivity index (χ0) is 13.8. The van der Waals surface area contributed by atoms with Gasteiger partial charge in [-0.05, 0) is 12.1 Å². The van der Waals surface area contributed by atoms with Gasteiger partial charge in [-0.15, -0.1) is 21.8 Å². The first kappa shape index (κ1) is 13.9. The smallest absolute Gasteiger partial charge is 0.170 e. The molecule has 0 aliphatic carbocycles. The molecular weight excluding hydrogens is 276 g/mol. The maximum Gasteiger partial charge on any atom is 0.170 e. The monoisotopic (exact) mass is 287 g/mol. The molecule has 1 aromatic heterocycles. The van der Waals surface area contributed by atoms with Gasteiger partial charge in [0.15, 0.2) is 5.82 Å². The fourth-order valence-electron chi connectivity index (χ4n) is 1.75. The molecule has 0 spiro atoms. The van der Waals surface area contributed by atoms with Crippen molar-refractivity contribution in [1.82, 2.24) is 14.8 Å². The molecule has 2 aromatic rings. The highest BCUT2D eigenvalue weighted by Gasteiger charge is 2.19. The van der Waals surface area contributed by atoms with Gasteiger partial charge in [-0.2, -0.15) is 0 Å². The number of alkyl halides is 1. The lowest BCUT2D eigenvalue weighted by Gasteiger charge is -2.09. The lowest BCUT2D eigenvalue weighted by atomic mass is 10.2. The lowest BCUT2D eigenvalue weighted by Crippen LogP contribution is -2.10. The Morgan fingerprint density at radius 3 is 2.53 bits per heavy atom. The molecule has 1 heterocycles. The van der Waals surface area contributed by atoms with Crippen LogP contribution in [0.2, 0.25) is 0 Å². The molecule has 0 N–H and O–H groups in total. The number of ether oxygens (including phenoxy) is 1. The molecule has 4 nitrogen and oxygen atoms in total. The maximum atomic E-state index is 13.8. The molecule has 0 bridgehead atoms. The van der Waals surface area contributed by atoms with Crippen molar-refractivity contribution in [3.05, 3.63) is 35.7 Å². The van der Waals surface area contributed by atoms with Crippen molar-refractivity contribution in [3.8, 4) is 11.4 Å². The van der Waals surface area contributed by atoms with E-state index >= 15 is 0 Å². The lowest BCUT2D eigenvalue weighted by molar-refractivity contribution is 0.187. The molecule has 0 aliphatic rings. The Hall–Kier alpha value is -1.53. The highest BCUT2D eigenvalue weighted by atomic mass is 35.5. The maximum absolute atomic E-state index is 13.8. The van der Waals surface area contributed by atoms with Crippen LogP contribution < -0.4 is 0 Å². The summed E-state index contributed by atoms with van der Waals surface area (Å²) < 4.78 is 34.0. The number of hydrogen-bond acceptors (Lipinski definition) is 3. The standard InChI is InChI=1S/C12H12ClF2N3O/c1-19-6-5-18-10(7-13)16-17-12(18)11-8(14)3-2-4-9(11)15/h2-4H,5-7H2,1H3. The molecule has 102 valence electrons. The minimum Gasteiger partial charge on any atom is -0.383 e. The molecule has 0 atom stereocenters. The highest BCUT2D eigenvalue weighted by Crippen LogP contribution is 2.25. The number of rotatable bonds is 5. The van der Waals surface area contributed by atoms with Gasteiger partial charge in [-0.3, -0.25) is 0 Å². The molecule has 0 saturated heterocycles. The fraction of sp³-hybridized carbons (Fsp3) is 0.333. The predicted octanol–water partition coefficient (Wildman–Crippen LogP) is 2.61. The van der Waals surface area contributed by atoms with Crippen molar-refractivity contribution in [2.75, 3.05) is 13.7 Å². The van der Waals surface area contributed by atoms with Crippen molar-refractivity contribution >= 4 is 11.6 Å². The molecule has 0 radical (unpaired) electrons. The molecule has 1 aromatic carbocycles. The number of benzene rings is 1. The van der Waals surface area contributed by atoms with Gasteiger partial charge in [0.1, 0.15) is 17.5 Å². The fourth-order valence-corrected chi connectivity index (χ4v) is 1.95. The molecule has 7 heteroatoms. The van der Waals surface area contributed by atoms with Crippen LogP contribution in [0.25, 0.3) is 11.4 Å². The van der Waals surface area contributed by atoms with Crippen molar-refractivity contribution in [3.63, 3.8) is 0 Å². The van der Waals surface area contributed by atoms with Crippen LogP contribution in [0.1, 0.15) is 5.82 Å². The topological polar surface area (TPSA) is 39.9 Å². The van der Waals surface area contributed by atoms with E-state index < -0.39 is 11.6 Å². The van der Waals surface area contributed by atoms with Gasteiger partial charge in [0.2, 0.25) is 0 Å². The van der Waals surface area contributed by atoms with Crippen LogP contribution in [0.5, 0.6) is 0 Å². The summed E-state index contributed by atoms with van der Waals surface area (Å²) in [7, 11) is 1.54. The molecule has 19 heavy (non-hydrogen) atoms. The quantitative estimate of drug-likeness (QED) is 0.794. The predicted molar refractivity (Wildman–Crippen MR) is 66.8 cm³/mol. The highest BCUT2D eigenvalue weighted by molar-refractivity contribution is 6.16. The summed E-state index contributed by atoms with van der Waals surface area (Å²) >= 11 is 5.74. The molecule has 0 aliphatic heterocycles. The van der Waals surface area contributed by atoms with Crippen LogP contribution in [0.4, 0.5) is 8.78 Å². The Morgan fingerprint density at radius 2 is 1.95 bits per heavy atom. The second-order valence-corrected chi connectivity index (χ2v) is 4.08. The van der Waals surface area contributed by atoms with Gasteiger partial charge in [-0.25, -0.2) is 8.78 Å². The van der Waals surface area contributed by atoms with Gasteiger partial charge < -0.3 is 9.30 Å². The molecule has 2 rings (SSSR count). The Labute approximate surface area is 114 Å². The summed E-state index contributed by atoms with van der Waals surface area (Å²) in [5, 5.41) is 7.66. The minimum absolute atomic E-state index is 0.104. The normalized spacial score (nSPS) is 10.9. The molecule has 0 saturated carbocycles. The van der Waals surface area contributed by atoms with Crippen molar-refractivity contribution in [2.45, 2.75) is 12.4 Å². The largest absolute Gasteiger partial charge is 0.383 e. The first-order valence-electron chi connectivity index (χ1n) is 5.60. The van der Waals surface area contributed by atoms with E-state index in [1.165, 1.54) is 25.3 Å². The number of hydrogen-bond donors (Lipinski definition) is 0. The van der Waals surface area contributed by atoms with Crippen molar-refractivity contribution < 1.29 is 13.5 Å². The van der Waals surface area contributed by atoms with Crippen LogP contribution >= 0.6 is 11.6 Å². The van der Waals surface area contributed by atoms with Crippen molar-refractivity contribution in [1.29, 1.82) is 0 Å². The summed E-state index contributed by atoms with van der Waals surface area (Å²) in [6.07, 6.45) is 0. The third kappa shape index (κ3) is 2.74. The van der Waals surface area contributed by atoms with E-state index in [1.807, 2.05) is 0 Å². The number of aromatic nitrogens is 3. The number of nitrogens with zero attached hydrogens (tertiary/aromatic N) is 3. The second-order valence-electron chi connectivity index (χ2n) is 3.81. The molecular formula is C12H12ClF2N3O. The zero-order valence-corrected chi connectivity index (χ0v) is 11.0. The van der Waals surface area contributed by atoms with Crippen molar-refractivity contribution in [2.24, 2.45) is 0 Å². The van der Waals surface area contributed by atoms with E-state index in [2.05, 4.69) is 10.2 Å². The Kier molecular flexibility index (Phi) is 4.44. The van der Waals surface area contributed by atoms with Crippen LogP contribution in [-0.4, -0.2) is 28.5 Å².